The Hall–Kier alpha value is -0.0400. The number of rotatable bonds is 3. The van der Waals surface area contributed by atoms with E-state index in [1.54, 1.807) is 0 Å². The summed E-state index contributed by atoms with van der Waals surface area (Å²) < 4.78 is 0. The third-order valence-electron chi connectivity index (χ3n) is 4.58. The van der Waals surface area contributed by atoms with Gasteiger partial charge >= 0.3 is 0 Å². The molecule has 0 spiro atoms. The van der Waals surface area contributed by atoms with Crippen molar-refractivity contribution in [2.75, 3.05) is 6.54 Å². The van der Waals surface area contributed by atoms with Crippen LogP contribution in [0.1, 0.15) is 58.8 Å². The molecule has 1 heteroatoms. The first-order valence-electron chi connectivity index (χ1n) is 6.99. The lowest BCUT2D eigenvalue weighted by Crippen LogP contribution is -2.39. The van der Waals surface area contributed by atoms with Crippen LogP contribution < -0.4 is 5.32 Å². The van der Waals surface area contributed by atoms with Gasteiger partial charge in [0, 0.05) is 6.04 Å². The van der Waals surface area contributed by atoms with Gasteiger partial charge in [-0.05, 0) is 50.0 Å². The van der Waals surface area contributed by atoms with Crippen molar-refractivity contribution < 1.29 is 0 Å². The van der Waals surface area contributed by atoms with Crippen molar-refractivity contribution in [3.05, 3.63) is 0 Å². The van der Waals surface area contributed by atoms with Gasteiger partial charge in [-0.3, -0.25) is 0 Å². The first-order chi connectivity index (χ1) is 7.25. The molecule has 0 radical (unpaired) electrons. The van der Waals surface area contributed by atoms with Gasteiger partial charge in [-0.15, -0.1) is 0 Å². The van der Waals surface area contributed by atoms with E-state index in [2.05, 4.69) is 19.2 Å². The third kappa shape index (κ3) is 3.21. The van der Waals surface area contributed by atoms with Gasteiger partial charge in [0.05, 0.1) is 0 Å². The average molecular weight is 209 g/mol. The molecule has 88 valence electrons. The molecule has 4 unspecified atom stereocenters. The Morgan fingerprint density at radius 1 is 1.00 bits per heavy atom. The van der Waals surface area contributed by atoms with E-state index in [1.165, 1.54) is 51.5 Å². The predicted molar refractivity (Wildman–Crippen MR) is 65.9 cm³/mol. The maximum atomic E-state index is 3.83. The Kier molecular flexibility index (Phi) is 4.07. The van der Waals surface area contributed by atoms with Crippen LogP contribution in [0.15, 0.2) is 0 Å². The summed E-state index contributed by atoms with van der Waals surface area (Å²) in [6.07, 6.45) is 10.2. The predicted octanol–water partition coefficient (Wildman–Crippen LogP) is 3.59. The van der Waals surface area contributed by atoms with Gasteiger partial charge in [0.15, 0.2) is 0 Å². The minimum absolute atomic E-state index is 0.828. The van der Waals surface area contributed by atoms with Crippen molar-refractivity contribution in [3.63, 3.8) is 0 Å². The Balaban J connectivity index is 1.68. The molecule has 0 amide bonds. The Labute approximate surface area is 95.0 Å². The van der Waals surface area contributed by atoms with Gasteiger partial charge in [0.2, 0.25) is 0 Å². The molecule has 0 heterocycles. The van der Waals surface area contributed by atoms with Crippen LogP contribution in [0.2, 0.25) is 0 Å². The molecule has 0 bridgehead atoms. The summed E-state index contributed by atoms with van der Waals surface area (Å²) in [5, 5.41) is 3.83. The molecule has 15 heavy (non-hydrogen) atoms. The van der Waals surface area contributed by atoms with E-state index in [0.29, 0.717) is 0 Å². The fourth-order valence-corrected chi connectivity index (χ4v) is 3.45. The second kappa shape index (κ2) is 5.34. The number of hydrogen-bond acceptors (Lipinski definition) is 1. The standard InChI is InChI=1S/C14H27N/c1-11-7-8-13(9-11)10-15-14-6-4-3-5-12(14)2/h11-15H,3-10H2,1-2H3. The molecule has 2 rings (SSSR count). The third-order valence-corrected chi connectivity index (χ3v) is 4.58. The van der Waals surface area contributed by atoms with E-state index in [1.807, 2.05) is 0 Å². The van der Waals surface area contributed by atoms with Gasteiger partial charge in [0.1, 0.15) is 0 Å². The fraction of sp³-hybridized carbons (Fsp3) is 1.00. The van der Waals surface area contributed by atoms with E-state index >= 15 is 0 Å². The highest BCUT2D eigenvalue weighted by Gasteiger charge is 2.24. The van der Waals surface area contributed by atoms with E-state index in [0.717, 1.165) is 23.8 Å². The first kappa shape index (κ1) is 11.4. The van der Waals surface area contributed by atoms with Gasteiger partial charge in [-0.25, -0.2) is 0 Å². The van der Waals surface area contributed by atoms with Crippen molar-refractivity contribution in [2.45, 2.75) is 64.8 Å². The van der Waals surface area contributed by atoms with Crippen molar-refractivity contribution in [2.24, 2.45) is 17.8 Å². The summed E-state index contributed by atoms with van der Waals surface area (Å²) in [5.41, 5.74) is 0. The molecule has 1 N–H and O–H groups in total. The minimum Gasteiger partial charge on any atom is -0.313 e. The summed E-state index contributed by atoms with van der Waals surface area (Å²) in [6.45, 7) is 6.12. The van der Waals surface area contributed by atoms with Gasteiger partial charge in [-0.2, -0.15) is 0 Å². The van der Waals surface area contributed by atoms with Crippen LogP contribution >= 0.6 is 0 Å². The molecule has 4 atom stereocenters. The minimum atomic E-state index is 0.828. The molecular weight excluding hydrogens is 182 g/mol. The van der Waals surface area contributed by atoms with Crippen molar-refractivity contribution >= 4 is 0 Å². The van der Waals surface area contributed by atoms with Crippen LogP contribution in [-0.2, 0) is 0 Å². The topological polar surface area (TPSA) is 12.0 Å². The van der Waals surface area contributed by atoms with E-state index in [4.69, 9.17) is 0 Å². The lowest BCUT2D eigenvalue weighted by Gasteiger charge is -2.30. The monoisotopic (exact) mass is 209 g/mol. The van der Waals surface area contributed by atoms with Crippen LogP contribution in [0.5, 0.6) is 0 Å². The molecule has 0 aromatic heterocycles. The Morgan fingerprint density at radius 3 is 2.47 bits per heavy atom. The van der Waals surface area contributed by atoms with Crippen LogP contribution in [-0.4, -0.2) is 12.6 Å². The van der Waals surface area contributed by atoms with E-state index in [9.17, 15) is 0 Å². The summed E-state index contributed by atoms with van der Waals surface area (Å²) in [5.74, 6) is 2.88. The molecule has 2 fully saturated rings. The normalized spacial score (nSPS) is 42.0. The second-order valence-electron chi connectivity index (χ2n) is 6.06. The zero-order chi connectivity index (χ0) is 10.7. The lowest BCUT2D eigenvalue weighted by molar-refractivity contribution is 0.267. The van der Waals surface area contributed by atoms with Crippen LogP contribution in [0.25, 0.3) is 0 Å². The summed E-state index contributed by atoms with van der Waals surface area (Å²) in [7, 11) is 0. The Bertz CT molecular complexity index is 190. The van der Waals surface area contributed by atoms with Gasteiger partial charge in [0.25, 0.3) is 0 Å². The van der Waals surface area contributed by atoms with E-state index in [-0.39, 0.29) is 0 Å². The van der Waals surface area contributed by atoms with Crippen LogP contribution in [0.4, 0.5) is 0 Å². The highest BCUT2D eigenvalue weighted by atomic mass is 14.9. The Morgan fingerprint density at radius 2 is 1.80 bits per heavy atom. The maximum absolute atomic E-state index is 3.83. The van der Waals surface area contributed by atoms with E-state index < -0.39 is 0 Å². The molecule has 0 aliphatic heterocycles. The molecule has 0 aromatic carbocycles. The molecule has 1 nitrogen and oxygen atoms in total. The van der Waals surface area contributed by atoms with Crippen molar-refractivity contribution in [3.8, 4) is 0 Å². The van der Waals surface area contributed by atoms with Gasteiger partial charge in [-0.1, -0.05) is 33.1 Å². The SMILES string of the molecule is CC1CCC(CNC2CCCCC2C)C1. The molecule has 0 aromatic rings. The quantitative estimate of drug-likeness (QED) is 0.749. The maximum Gasteiger partial charge on any atom is 0.00928 e. The fourth-order valence-electron chi connectivity index (χ4n) is 3.45. The molecule has 2 saturated carbocycles. The molecule has 2 aliphatic carbocycles. The van der Waals surface area contributed by atoms with Crippen molar-refractivity contribution in [1.29, 1.82) is 0 Å². The first-order valence-corrected chi connectivity index (χ1v) is 6.99. The zero-order valence-corrected chi connectivity index (χ0v) is 10.5. The van der Waals surface area contributed by atoms with Crippen molar-refractivity contribution in [1.82, 2.24) is 5.32 Å². The highest BCUT2D eigenvalue weighted by molar-refractivity contribution is 4.81. The molecule has 2 aliphatic rings. The summed E-state index contributed by atoms with van der Waals surface area (Å²) in [6, 6.07) is 0.828. The average Bonchev–Trinajstić information content (AvgIpc) is 2.63. The smallest absolute Gasteiger partial charge is 0.00928 e. The summed E-state index contributed by atoms with van der Waals surface area (Å²) >= 11 is 0. The van der Waals surface area contributed by atoms with Crippen LogP contribution in [0.3, 0.4) is 0 Å². The number of nitrogens with one attached hydrogen (secondary N) is 1. The second-order valence-corrected chi connectivity index (χ2v) is 6.06. The van der Waals surface area contributed by atoms with Crippen LogP contribution in [0, 0.1) is 17.8 Å². The summed E-state index contributed by atoms with van der Waals surface area (Å²) in [4.78, 5) is 0. The number of hydrogen-bond donors (Lipinski definition) is 1. The highest BCUT2D eigenvalue weighted by Crippen LogP contribution is 2.30. The molecule has 0 saturated heterocycles. The lowest BCUT2D eigenvalue weighted by atomic mass is 9.85. The molecular formula is C14H27N. The largest absolute Gasteiger partial charge is 0.313 e. The van der Waals surface area contributed by atoms with Gasteiger partial charge < -0.3 is 5.32 Å². The zero-order valence-electron chi connectivity index (χ0n) is 10.5.